The maximum Gasteiger partial charge on any atom is 0.192 e. The lowest BCUT2D eigenvalue weighted by molar-refractivity contribution is 0.0821. The van der Waals surface area contributed by atoms with Crippen LogP contribution >= 0.6 is 0 Å². The highest BCUT2D eigenvalue weighted by molar-refractivity contribution is 5.41. The van der Waals surface area contributed by atoms with Crippen LogP contribution in [-0.2, 0) is 0 Å². The molecular weight excluding hydrogens is 230 g/mol. The number of aromatic nitrogens is 3. The summed E-state index contributed by atoms with van der Waals surface area (Å²) in [6.07, 6.45) is 4.03. The number of hydrogen-bond donors (Lipinski definition) is 0. The maximum absolute atomic E-state index is 5.95. The van der Waals surface area contributed by atoms with E-state index in [0.717, 1.165) is 17.3 Å². The summed E-state index contributed by atoms with van der Waals surface area (Å²) in [6, 6.07) is 8.26. The first-order chi connectivity index (χ1) is 8.92. The zero-order valence-corrected chi connectivity index (χ0v) is 9.82. The van der Waals surface area contributed by atoms with Gasteiger partial charge in [-0.2, -0.15) is 0 Å². The third kappa shape index (κ3) is 1.54. The van der Waals surface area contributed by atoms with E-state index in [1.54, 1.807) is 6.33 Å². The van der Waals surface area contributed by atoms with E-state index in [1.807, 2.05) is 24.3 Å². The molecule has 1 saturated carbocycles. The molecule has 1 aliphatic carbocycles. The largest absolute Gasteiger partial charge is 0.485 e. The van der Waals surface area contributed by atoms with Crippen LogP contribution in [0.25, 0.3) is 0 Å². The molecule has 1 fully saturated rings. The summed E-state index contributed by atoms with van der Waals surface area (Å²) in [6.45, 7) is 0.489. The number of benzene rings is 1. The van der Waals surface area contributed by atoms with Gasteiger partial charge < -0.3 is 14.0 Å². The summed E-state index contributed by atoms with van der Waals surface area (Å²) in [5, 5.41) is 8.17. The summed E-state index contributed by atoms with van der Waals surface area (Å²) < 4.78 is 13.8. The average Bonchev–Trinajstić information content (AvgIpc) is 3.16. The van der Waals surface area contributed by atoms with Crippen molar-refractivity contribution in [2.75, 3.05) is 6.61 Å². The topological polar surface area (TPSA) is 49.2 Å². The van der Waals surface area contributed by atoms with E-state index in [1.165, 1.54) is 12.8 Å². The Balaban J connectivity index is 1.65. The van der Waals surface area contributed by atoms with E-state index in [-0.39, 0.29) is 6.10 Å². The van der Waals surface area contributed by atoms with Crippen molar-refractivity contribution < 1.29 is 9.47 Å². The zero-order chi connectivity index (χ0) is 11.9. The van der Waals surface area contributed by atoms with E-state index < -0.39 is 0 Å². The van der Waals surface area contributed by atoms with Crippen molar-refractivity contribution >= 4 is 0 Å². The van der Waals surface area contributed by atoms with Crippen LogP contribution in [0, 0.1) is 0 Å². The van der Waals surface area contributed by atoms with E-state index >= 15 is 0 Å². The van der Waals surface area contributed by atoms with Gasteiger partial charge in [-0.05, 0) is 25.0 Å². The molecule has 5 heteroatoms. The fourth-order valence-corrected chi connectivity index (χ4v) is 2.26. The highest BCUT2D eigenvalue weighted by Crippen LogP contribution is 2.39. The first kappa shape index (κ1) is 9.94. The Labute approximate surface area is 104 Å². The molecule has 92 valence electrons. The van der Waals surface area contributed by atoms with Crippen LogP contribution in [0.1, 0.15) is 30.8 Å². The quantitative estimate of drug-likeness (QED) is 0.810. The SMILES string of the molecule is c1ccc2c(c1)OCC(c1nncn1C1CC1)O2. The molecule has 0 amide bonds. The van der Waals surface area contributed by atoms with Gasteiger partial charge in [-0.3, -0.25) is 0 Å². The van der Waals surface area contributed by atoms with Gasteiger partial charge in [-0.15, -0.1) is 10.2 Å². The molecular formula is C13H13N3O2. The molecule has 0 saturated heterocycles. The second-order valence-electron chi connectivity index (χ2n) is 4.69. The summed E-state index contributed by atoms with van der Waals surface area (Å²) >= 11 is 0. The van der Waals surface area contributed by atoms with Crippen LogP contribution in [0.15, 0.2) is 30.6 Å². The van der Waals surface area contributed by atoms with E-state index in [4.69, 9.17) is 9.47 Å². The Morgan fingerprint density at radius 1 is 1.17 bits per heavy atom. The van der Waals surface area contributed by atoms with Gasteiger partial charge >= 0.3 is 0 Å². The van der Waals surface area contributed by atoms with Crippen LogP contribution in [0.5, 0.6) is 11.5 Å². The maximum atomic E-state index is 5.95. The van der Waals surface area contributed by atoms with E-state index in [9.17, 15) is 0 Å². The third-order valence-corrected chi connectivity index (χ3v) is 3.34. The smallest absolute Gasteiger partial charge is 0.192 e. The first-order valence-electron chi connectivity index (χ1n) is 6.20. The minimum Gasteiger partial charge on any atom is -0.485 e. The Bertz CT molecular complexity index is 577. The number of hydrogen-bond acceptors (Lipinski definition) is 4. The molecule has 1 unspecified atom stereocenters. The number of nitrogens with zero attached hydrogens (tertiary/aromatic N) is 3. The third-order valence-electron chi connectivity index (χ3n) is 3.34. The summed E-state index contributed by atoms with van der Waals surface area (Å²) in [7, 11) is 0. The van der Waals surface area contributed by atoms with Gasteiger partial charge in [-0.25, -0.2) is 0 Å². The van der Waals surface area contributed by atoms with Crippen molar-refractivity contribution in [3.05, 3.63) is 36.4 Å². The van der Waals surface area contributed by atoms with Crippen molar-refractivity contribution in [3.8, 4) is 11.5 Å². The molecule has 2 heterocycles. The fraction of sp³-hybridized carbons (Fsp3) is 0.385. The van der Waals surface area contributed by atoms with Crippen molar-refractivity contribution in [2.24, 2.45) is 0 Å². The highest BCUT2D eigenvalue weighted by Gasteiger charge is 2.32. The van der Waals surface area contributed by atoms with Crippen LogP contribution in [0.3, 0.4) is 0 Å². The number of rotatable bonds is 2. The first-order valence-corrected chi connectivity index (χ1v) is 6.20. The lowest BCUT2D eigenvalue weighted by Gasteiger charge is -2.25. The molecule has 2 aromatic rings. The molecule has 4 rings (SSSR count). The van der Waals surface area contributed by atoms with Gasteiger partial charge in [0.15, 0.2) is 23.4 Å². The van der Waals surface area contributed by atoms with Crippen LogP contribution < -0.4 is 9.47 Å². The van der Waals surface area contributed by atoms with Crippen molar-refractivity contribution in [2.45, 2.75) is 25.0 Å². The predicted molar refractivity (Wildman–Crippen MR) is 63.6 cm³/mol. The molecule has 1 aliphatic heterocycles. The molecule has 1 aromatic heterocycles. The van der Waals surface area contributed by atoms with E-state index in [2.05, 4.69) is 14.8 Å². The lowest BCUT2D eigenvalue weighted by Crippen LogP contribution is -2.24. The molecule has 0 radical (unpaired) electrons. The second kappa shape index (κ2) is 3.73. The molecule has 0 bridgehead atoms. The zero-order valence-electron chi connectivity index (χ0n) is 9.82. The average molecular weight is 243 g/mol. The molecule has 2 aliphatic rings. The highest BCUT2D eigenvalue weighted by atomic mass is 16.6. The van der Waals surface area contributed by atoms with Gasteiger partial charge in [0.25, 0.3) is 0 Å². The summed E-state index contributed by atoms with van der Waals surface area (Å²) in [5.74, 6) is 2.44. The van der Waals surface area contributed by atoms with Crippen LogP contribution in [-0.4, -0.2) is 21.4 Å². The molecule has 0 N–H and O–H groups in total. The number of fused-ring (bicyclic) bond motifs is 1. The second-order valence-corrected chi connectivity index (χ2v) is 4.69. The van der Waals surface area contributed by atoms with E-state index in [0.29, 0.717) is 12.6 Å². The minimum absolute atomic E-state index is 0.164. The lowest BCUT2D eigenvalue weighted by atomic mass is 10.2. The molecule has 5 nitrogen and oxygen atoms in total. The van der Waals surface area contributed by atoms with Gasteiger partial charge in [0.2, 0.25) is 0 Å². The van der Waals surface area contributed by atoms with Crippen molar-refractivity contribution in [3.63, 3.8) is 0 Å². The van der Waals surface area contributed by atoms with Gasteiger partial charge in [0.05, 0.1) is 0 Å². The summed E-state index contributed by atoms with van der Waals surface area (Å²) in [4.78, 5) is 0. The molecule has 0 spiro atoms. The van der Waals surface area contributed by atoms with Gasteiger partial charge in [0, 0.05) is 6.04 Å². The molecule has 18 heavy (non-hydrogen) atoms. The van der Waals surface area contributed by atoms with Gasteiger partial charge in [0.1, 0.15) is 12.9 Å². The molecule has 1 aromatic carbocycles. The Hall–Kier alpha value is -2.04. The number of para-hydroxylation sites is 2. The fourth-order valence-electron chi connectivity index (χ4n) is 2.26. The Morgan fingerprint density at radius 2 is 2.00 bits per heavy atom. The Kier molecular flexibility index (Phi) is 2.06. The normalized spacial score (nSPS) is 21.9. The van der Waals surface area contributed by atoms with Crippen LogP contribution in [0.2, 0.25) is 0 Å². The molecule has 1 atom stereocenters. The Morgan fingerprint density at radius 3 is 2.83 bits per heavy atom. The van der Waals surface area contributed by atoms with Crippen LogP contribution in [0.4, 0.5) is 0 Å². The number of ether oxygens (including phenoxy) is 2. The summed E-state index contributed by atoms with van der Waals surface area (Å²) in [5.41, 5.74) is 0. The van der Waals surface area contributed by atoms with Crippen molar-refractivity contribution in [1.29, 1.82) is 0 Å². The minimum atomic E-state index is -0.164. The van der Waals surface area contributed by atoms with Gasteiger partial charge in [-0.1, -0.05) is 12.1 Å². The monoisotopic (exact) mass is 243 g/mol. The standard InChI is InChI=1S/C13H13N3O2/c1-2-4-11-10(3-1)17-7-12(18-11)13-15-14-8-16(13)9-5-6-9/h1-4,8-9,12H,5-7H2. The predicted octanol–water partition coefficient (Wildman–Crippen LogP) is 2.13. The van der Waals surface area contributed by atoms with Crippen molar-refractivity contribution in [1.82, 2.24) is 14.8 Å².